The number of nitro groups is 1. The molecule has 0 aromatic heterocycles. The van der Waals surface area contributed by atoms with Crippen LogP contribution in [0.1, 0.15) is 24.5 Å². The smallest absolute Gasteiger partial charge is 0.269 e. The van der Waals surface area contributed by atoms with Gasteiger partial charge in [0.25, 0.3) is 5.69 Å². The number of rotatable bonds is 3. The SMILES string of the molecule is O=[N+]([O-])c1cccc(C(O)C2CC2)c1. The van der Waals surface area contributed by atoms with E-state index in [-0.39, 0.29) is 5.69 Å². The van der Waals surface area contributed by atoms with Crippen LogP contribution in [0.3, 0.4) is 0 Å². The normalized spacial score (nSPS) is 17.8. The highest BCUT2D eigenvalue weighted by Gasteiger charge is 2.31. The molecule has 0 bridgehead atoms. The van der Waals surface area contributed by atoms with Crippen LogP contribution in [0, 0.1) is 16.0 Å². The van der Waals surface area contributed by atoms with E-state index >= 15 is 0 Å². The third kappa shape index (κ3) is 1.75. The maximum Gasteiger partial charge on any atom is 0.269 e. The van der Waals surface area contributed by atoms with Gasteiger partial charge in [0.15, 0.2) is 0 Å². The summed E-state index contributed by atoms with van der Waals surface area (Å²) < 4.78 is 0. The van der Waals surface area contributed by atoms with Crippen LogP contribution < -0.4 is 0 Å². The van der Waals surface area contributed by atoms with Crippen molar-refractivity contribution in [2.45, 2.75) is 18.9 Å². The van der Waals surface area contributed by atoms with Gasteiger partial charge in [-0.3, -0.25) is 10.1 Å². The largest absolute Gasteiger partial charge is 0.388 e. The van der Waals surface area contributed by atoms with Crippen LogP contribution in [0.5, 0.6) is 0 Å². The highest BCUT2D eigenvalue weighted by Crippen LogP contribution is 2.41. The van der Waals surface area contributed by atoms with E-state index < -0.39 is 11.0 Å². The van der Waals surface area contributed by atoms with Crippen LogP contribution in [0.15, 0.2) is 24.3 Å². The monoisotopic (exact) mass is 193 g/mol. The van der Waals surface area contributed by atoms with Crippen LogP contribution in [-0.4, -0.2) is 10.0 Å². The lowest BCUT2D eigenvalue weighted by molar-refractivity contribution is -0.385. The molecule has 1 saturated carbocycles. The zero-order chi connectivity index (χ0) is 10.1. The van der Waals surface area contributed by atoms with Crippen molar-refractivity contribution in [1.82, 2.24) is 0 Å². The molecule has 0 heterocycles. The maximum absolute atomic E-state index is 10.5. The minimum atomic E-state index is -0.533. The van der Waals surface area contributed by atoms with Gasteiger partial charge in [0, 0.05) is 12.1 Å². The number of benzene rings is 1. The average Bonchev–Trinajstić information content (AvgIpc) is 3.00. The van der Waals surface area contributed by atoms with E-state index in [1.54, 1.807) is 12.1 Å². The third-order valence-electron chi connectivity index (χ3n) is 2.49. The van der Waals surface area contributed by atoms with Gasteiger partial charge >= 0.3 is 0 Å². The van der Waals surface area contributed by atoms with Gasteiger partial charge in [-0.25, -0.2) is 0 Å². The van der Waals surface area contributed by atoms with Crippen LogP contribution in [0.25, 0.3) is 0 Å². The minimum Gasteiger partial charge on any atom is -0.388 e. The van der Waals surface area contributed by atoms with Gasteiger partial charge in [-0.2, -0.15) is 0 Å². The predicted octanol–water partition coefficient (Wildman–Crippen LogP) is 2.04. The molecule has 74 valence electrons. The van der Waals surface area contributed by atoms with Crippen LogP contribution in [0.4, 0.5) is 5.69 Å². The lowest BCUT2D eigenvalue weighted by Crippen LogP contribution is -2.00. The standard InChI is InChI=1S/C10H11NO3/c12-10(7-4-5-7)8-2-1-3-9(6-8)11(13)14/h1-3,6-7,10,12H,4-5H2. The predicted molar refractivity (Wildman–Crippen MR) is 50.8 cm³/mol. The highest BCUT2D eigenvalue weighted by atomic mass is 16.6. The van der Waals surface area contributed by atoms with Gasteiger partial charge in [0.1, 0.15) is 0 Å². The Bertz CT molecular complexity index is 360. The van der Waals surface area contributed by atoms with E-state index in [4.69, 9.17) is 0 Å². The van der Waals surface area contributed by atoms with Crippen molar-refractivity contribution in [2.75, 3.05) is 0 Å². The summed E-state index contributed by atoms with van der Waals surface area (Å²) in [6.45, 7) is 0. The lowest BCUT2D eigenvalue weighted by atomic mass is 10.1. The summed E-state index contributed by atoms with van der Waals surface area (Å²) in [6.07, 6.45) is 1.50. The first-order chi connectivity index (χ1) is 6.68. The Morgan fingerprint density at radius 2 is 2.21 bits per heavy atom. The van der Waals surface area contributed by atoms with Gasteiger partial charge in [-0.05, 0) is 24.3 Å². The number of aliphatic hydroxyl groups is 1. The van der Waals surface area contributed by atoms with Gasteiger partial charge < -0.3 is 5.11 Å². The summed E-state index contributed by atoms with van der Waals surface area (Å²) in [5.74, 6) is 0.303. The Hall–Kier alpha value is -1.42. The molecule has 14 heavy (non-hydrogen) atoms. The number of hydrogen-bond acceptors (Lipinski definition) is 3. The van der Waals surface area contributed by atoms with E-state index in [0.717, 1.165) is 12.8 Å². The Labute approximate surface area is 81.3 Å². The van der Waals surface area contributed by atoms with E-state index in [9.17, 15) is 15.2 Å². The Morgan fingerprint density at radius 3 is 2.79 bits per heavy atom. The Morgan fingerprint density at radius 1 is 1.50 bits per heavy atom. The molecule has 1 aromatic rings. The van der Waals surface area contributed by atoms with Crippen molar-refractivity contribution in [3.8, 4) is 0 Å². The van der Waals surface area contributed by atoms with Crippen LogP contribution >= 0.6 is 0 Å². The first-order valence-corrected chi connectivity index (χ1v) is 4.61. The fourth-order valence-electron chi connectivity index (χ4n) is 1.51. The van der Waals surface area contributed by atoms with Gasteiger partial charge in [0.05, 0.1) is 11.0 Å². The van der Waals surface area contributed by atoms with Crippen molar-refractivity contribution in [1.29, 1.82) is 0 Å². The molecule has 0 aliphatic heterocycles. The summed E-state index contributed by atoms with van der Waals surface area (Å²) in [5.41, 5.74) is 0.698. The van der Waals surface area contributed by atoms with Gasteiger partial charge in [0.2, 0.25) is 0 Å². The van der Waals surface area contributed by atoms with Crippen molar-refractivity contribution >= 4 is 5.69 Å². The van der Waals surface area contributed by atoms with E-state index in [0.29, 0.717) is 11.5 Å². The summed E-state index contributed by atoms with van der Waals surface area (Å²) in [6, 6.07) is 6.22. The molecule has 4 nitrogen and oxygen atoms in total. The molecule has 1 aromatic carbocycles. The zero-order valence-electron chi connectivity index (χ0n) is 7.59. The zero-order valence-corrected chi connectivity index (χ0v) is 7.59. The Kier molecular flexibility index (Phi) is 2.21. The maximum atomic E-state index is 10.5. The summed E-state index contributed by atoms with van der Waals surface area (Å²) in [7, 11) is 0. The molecule has 1 aliphatic carbocycles. The van der Waals surface area contributed by atoms with E-state index in [2.05, 4.69) is 0 Å². The fourth-order valence-corrected chi connectivity index (χ4v) is 1.51. The minimum absolute atomic E-state index is 0.0437. The third-order valence-corrected chi connectivity index (χ3v) is 2.49. The van der Waals surface area contributed by atoms with Crippen molar-refractivity contribution in [2.24, 2.45) is 5.92 Å². The average molecular weight is 193 g/mol. The molecule has 0 radical (unpaired) electrons. The quantitative estimate of drug-likeness (QED) is 0.590. The molecule has 1 N–H and O–H groups in total. The second-order valence-corrected chi connectivity index (χ2v) is 3.63. The van der Waals surface area contributed by atoms with E-state index in [1.165, 1.54) is 12.1 Å². The molecule has 0 amide bonds. The molecular weight excluding hydrogens is 182 g/mol. The van der Waals surface area contributed by atoms with Gasteiger partial charge in [-0.1, -0.05) is 12.1 Å². The highest BCUT2D eigenvalue weighted by molar-refractivity contribution is 5.35. The number of nitrogens with zero attached hydrogens (tertiary/aromatic N) is 1. The molecule has 2 rings (SSSR count). The molecule has 1 fully saturated rings. The number of nitro benzene ring substituents is 1. The number of non-ortho nitro benzene ring substituents is 1. The van der Waals surface area contributed by atoms with Crippen molar-refractivity contribution in [3.63, 3.8) is 0 Å². The summed E-state index contributed by atoms with van der Waals surface area (Å²) in [5, 5.41) is 20.2. The van der Waals surface area contributed by atoms with E-state index in [1.807, 2.05) is 0 Å². The molecular formula is C10H11NO3. The molecule has 0 spiro atoms. The lowest BCUT2D eigenvalue weighted by Gasteiger charge is -2.08. The molecule has 1 unspecified atom stereocenters. The molecule has 4 heteroatoms. The number of aliphatic hydroxyl groups excluding tert-OH is 1. The van der Waals surface area contributed by atoms with Gasteiger partial charge in [-0.15, -0.1) is 0 Å². The summed E-state index contributed by atoms with van der Waals surface area (Å²) in [4.78, 5) is 10.0. The van der Waals surface area contributed by atoms with Crippen molar-refractivity contribution in [3.05, 3.63) is 39.9 Å². The molecule has 1 atom stereocenters. The summed E-state index contributed by atoms with van der Waals surface area (Å²) >= 11 is 0. The fraction of sp³-hybridized carbons (Fsp3) is 0.400. The first kappa shape index (κ1) is 9.15. The van der Waals surface area contributed by atoms with Crippen LogP contribution in [-0.2, 0) is 0 Å². The van der Waals surface area contributed by atoms with Crippen molar-refractivity contribution < 1.29 is 10.0 Å². The Balaban J connectivity index is 2.24. The van der Waals surface area contributed by atoms with Crippen LogP contribution in [0.2, 0.25) is 0 Å². The molecule has 1 aliphatic rings. The number of hydrogen-bond donors (Lipinski definition) is 1. The first-order valence-electron chi connectivity index (χ1n) is 4.61. The second kappa shape index (κ2) is 3.38. The topological polar surface area (TPSA) is 63.4 Å². The molecule has 0 saturated heterocycles. The second-order valence-electron chi connectivity index (χ2n) is 3.63.